The van der Waals surface area contributed by atoms with Crippen LogP contribution in [-0.2, 0) is 17.9 Å². The van der Waals surface area contributed by atoms with Gasteiger partial charge in [-0.3, -0.25) is 18.6 Å². The molecule has 8 heteroatoms. The Kier molecular flexibility index (Phi) is 5.90. The summed E-state index contributed by atoms with van der Waals surface area (Å²) in [6.45, 7) is 4.59. The van der Waals surface area contributed by atoms with Crippen molar-refractivity contribution in [2.24, 2.45) is 0 Å². The Morgan fingerprint density at radius 1 is 1.06 bits per heavy atom. The molecule has 170 valence electrons. The van der Waals surface area contributed by atoms with E-state index in [2.05, 4.69) is 47.1 Å². The second-order valence-corrected chi connectivity index (χ2v) is 9.00. The average molecular weight is 470 g/mol. The smallest absolute Gasteiger partial charge is 0.263 e. The summed E-state index contributed by atoms with van der Waals surface area (Å²) in [6.07, 6.45) is 1.66. The van der Waals surface area contributed by atoms with Gasteiger partial charge in [0.25, 0.3) is 5.56 Å². The van der Waals surface area contributed by atoms with E-state index in [4.69, 9.17) is 0 Å². The van der Waals surface area contributed by atoms with Crippen molar-refractivity contribution in [1.82, 2.24) is 24.1 Å². The molecule has 0 saturated carbocycles. The molecule has 7 nitrogen and oxygen atoms in total. The van der Waals surface area contributed by atoms with Gasteiger partial charge in [-0.05, 0) is 34.5 Å². The van der Waals surface area contributed by atoms with Crippen LogP contribution in [0.1, 0.15) is 5.56 Å². The summed E-state index contributed by atoms with van der Waals surface area (Å²) in [5.41, 5.74) is 1.65. The molecule has 0 fully saturated rings. The lowest BCUT2D eigenvalue weighted by Gasteiger charge is -2.17. The lowest BCUT2D eigenvalue weighted by Crippen LogP contribution is -2.28. The largest absolute Gasteiger partial charge is 0.341 e. The third-order valence-electron chi connectivity index (χ3n) is 5.77. The van der Waals surface area contributed by atoms with Gasteiger partial charge >= 0.3 is 0 Å². The maximum atomic E-state index is 12.9. The van der Waals surface area contributed by atoms with E-state index in [1.165, 1.54) is 17.1 Å². The van der Waals surface area contributed by atoms with E-state index in [1.54, 1.807) is 28.7 Å². The lowest BCUT2D eigenvalue weighted by atomic mass is 10.1. The van der Waals surface area contributed by atoms with Crippen molar-refractivity contribution in [3.05, 3.63) is 95.3 Å². The second-order valence-electron chi connectivity index (χ2n) is 8.06. The van der Waals surface area contributed by atoms with Gasteiger partial charge in [-0.1, -0.05) is 66.4 Å². The van der Waals surface area contributed by atoms with E-state index in [0.29, 0.717) is 34.9 Å². The molecule has 3 aromatic carbocycles. The summed E-state index contributed by atoms with van der Waals surface area (Å²) >= 11 is 1.31. The van der Waals surface area contributed by atoms with E-state index in [1.807, 2.05) is 34.7 Å². The minimum atomic E-state index is -0.141. The molecule has 0 bridgehead atoms. The number of benzene rings is 3. The SMILES string of the molecule is C=CCn1c(=O)c2ccccc2n2c(SCC(=O)N(C)Cc3ccc4ccccc4c3)nnc12. The van der Waals surface area contributed by atoms with E-state index in [9.17, 15) is 9.59 Å². The molecule has 0 saturated heterocycles. The first kappa shape index (κ1) is 21.9. The molecule has 0 atom stereocenters. The number of para-hydroxylation sites is 1. The van der Waals surface area contributed by atoms with Gasteiger partial charge in [-0.2, -0.15) is 0 Å². The van der Waals surface area contributed by atoms with Gasteiger partial charge in [-0.15, -0.1) is 16.8 Å². The number of hydrogen-bond donors (Lipinski definition) is 0. The van der Waals surface area contributed by atoms with Gasteiger partial charge in [0.2, 0.25) is 11.7 Å². The molecule has 0 N–H and O–H groups in total. The fraction of sp³-hybridized carbons (Fsp3) is 0.154. The van der Waals surface area contributed by atoms with Crippen molar-refractivity contribution in [3.63, 3.8) is 0 Å². The molecule has 0 unspecified atom stereocenters. The van der Waals surface area contributed by atoms with Gasteiger partial charge in [-0.25, -0.2) is 0 Å². The number of amides is 1. The van der Waals surface area contributed by atoms with Crippen molar-refractivity contribution in [1.29, 1.82) is 0 Å². The van der Waals surface area contributed by atoms with Crippen molar-refractivity contribution in [3.8, 4) is 0 Å². The number of carbonyl (C=O) groups excluding carboxylic acids is 1. The standard InChI is InChI=1S/C26H23N5O2S/c1-3-14-30-24(33)21-10-6-7-11-22(21)31-25(30)27-28-26(31)34-17-23(32)29(2)16-18-12-13-19-8-4-5-9-20(19)15-18/h3-13,15H,1,14,16-17H2,2H3. The van der Waals surface area contributed by atoms with E-state index in [0.717, 1.165) is 10.9 Å². The van der Waals surface area contributed by atoms with Crippen molar-refractivity contribution < 1.29 is 4.79 Å². The zero-order valence-corrected chi connectivity index (χ0v) is 19.5. The first-order valence-electron chi connectivity index (χ1n) is 10.9. The Morgan fingerprint density at radius 3 is 2.65 bits per heavy atom. The summed E-state index contributed by atoms with van der Waals surface area (Å²) in [7, 11) is 1.80. The summed E-state index contributed by atoms with van der Waals surface area (Å²) in [5, 5.41) is 12.0. The third-order valence-corrected chi connectivity index (χ3v) is 6.69. The Hall–Kier alpha value is -3.91. The minimum absolute atomic E-state index is 0.0152. The quantitative estimate of drug-likeness (QED) is 0.265. The molecule has 2 heterocycles. The average Bonchev–Trinajstić information content (AvgIpc) is 3.29. The molecule has 0 aliphatic carbocycles. The zero-order valence-electron chi connectivity index (χ0n) is 18.7. The normalized spacial score (nSPS) is 11.3. The molecular weight excluding hydrogens is 446 g/mol. The Labute approximate surface area is 200 Å². The van der Waals surface area contributed by atoms with E-state index >= 15 is 0 Å². The van der Waals surface area contributed by atoms with Crippen LogP contribution in [0, 0.1) is 0 Å². The molecule has 0 aliphatic heterocycles. The summed E-state index contributed by atoms with van der Waals surface area (Å²) in [4.78, 5) is 27.5. The van der Waals surface area contributed by atoms with Gasteiger partial charge in [0.15, 0.2) is 5.16 Å². The van der Waals surface area contributed by atoms with Crippen LogP contribution >= 0.6 is 11.8 Å². The summed E-state index contributed by atoms with van der Waals surface area (Å²) < 4.78 is 3.38. The van der Waals surface area contributed by atoms with Gasteiger partial charge < -0.3 is 4.90 Å². The van der Waals surface area contributed by atoms with E-state index in [-0.39, 0.29) is 17.2 Å². The maximum Gasteiger partial charge on any atom is 0.263 e. The predicted molar refractivity (Wildman–Crippen MR) is 136 cm³/mol. The highest BCUT2D eigenvalue weighted by Gasteiger charge is 2.18. The highest BCUT2D eigenvalue weighted by atomic mass is 32.2. The number of carbonyl (C=O) groups is 1. The monoisotopic (exact) mass is 469 g/mol. The number of nitrogens with zero attached hydrogens (tertiary/aromatic N) is 5. The van der Waals surface area contributed by atoms with Crippen molar-refractivity contribution >= 4 is 45.1 Å². The Morgan fingerprint density at radius 2 is 1.82 bits per heavy atom. The summed E-state index contributed by atoms with van der Waals surface area (Å²) in [5.74, 6) is 0.626. The highest BCUT2D eigenvalue weighted by molar-refractivity contribution is 7.99. The fourth-order valence-corrected chi connectivity index (χ4v) is 4.94. The fourth-order valence-electron chi connectivity index (χ4n) is 4.06. The van der Waals surface area contributed by atoms with Crippen LogP contribution in [0.15, 0.2) is 89.3 Å². The zero-order chi connectivity index (χ0) is 23.7. The number of fused-ring (bicyclic) bond motifs is 4. The molecule has 0 aliphatic rings. The number of thioether (sulfide) groups is 1. The van der Waals surface area contributed by atoms with E-state index < -0.39 is 0 Å². The molecular formula is C26H23N5O2S. The molecule has 0 spiro atoms. The molecule has 0 radical (unpaired) electrons. The van der Waals surface area contributed by atoms with Crippen molar-refractivity contribution in [2.45, 2.75) is 18.2 Å². The lowest BCUT2D eigenvalue weighted by molar-refractivity contribution is -0.127. The van der Waals surface area contributed by atoms with Gasteiger partial charge in [0.05, 0.1) is 16.7 Å². The molecule has 34 heavy (non-hydrogen) atoms. The molecule has 5 rings (SSSR count). The third kappa shape index (κ3) is 3.97. The Bertz CT molecular complexity index is 1600. The van der Waals surface area contributed by atoms with Crippen LogP contribution in [0.4, 0.5) is 0 Å². The van der Waals surface area contributed by atoms with Crippen molar-refractivity contribution in [2.75, 3.05) is 12.8 Å². The molecule has 5 aromatic rings. The first-order chi connectivity index (χ1) is 16.6. The molecule has 2 aromatic heterocycles. The van der Waals surface area contributed by atoms with Crippen LogP contribution in [0.5, 0.6) is 0 Å². The molecule has 1 amide bonds. The van der Waals surface area contributed by atoms with Gasteiger partial charge in [0.1, 0.15) is 0 Å². The number of rotatable bonds is 7. The topological polar surface area (TPSA) is 72.5 Å². The summed E-state index contributed by atoms with van der Waals surface area (Å²) in [6, 6.07) is 21.8. The second kappa shape index (κ2) is 9.15. The minimum Gasteiger partial charge on any atom is -0.341 e. The highest BCUT2D eigenvalue weighted by Crippen LogP contribution is 2.22. The van der Waals surface area contributed by atoms with Crippen LogP contribution < -0.4 is 5.56 Å². The Balaban J connectivity index is 1.38. The van der Waals surface area contributed by atoms with Gasteiger partial charge in [0, 0.05) is 20.1 Å². The maximum absolute atomic E-state index is 12.9. The predicted octanol–water partition coefficient (Wildman–Crippen LogP) is 4.13. The van der Waals surface area contributed by atoms with Crippen LogP contribution in [0.2, 0.25) is 0 Å². The van der Waals surface area contributed by atoms with Crippen LogP contribution in [0.25, 0.3) is 27.5 Å². The first-order valence-corrected chi connectivity index (χ1v) is 11.9. The van der Waals surface area contributed by atoms with Crippen LogP contribution in [-0.4, -0.2) is 42.8 Å². The number of hydrogen-bond acceptors (Lipinski definition) is 5. The van der Waals surface area contributed by atoms with Crippen LogP contribution in [0.3, 0.4) is 0 Å². The number of aromatic nitrogens is 4. The number of allylic oxidation sites excluding steroid dienone is 1.